The van der Waals surface area contributed by atoms with Gasteiger partial charge in [-0.3, -0.25) is 0 Å². The van der Waals surface area contributed by atoms with E-state index in [9.17, 15) is 51.2 Å². The van der Waals surface area contributed by atoms with Crippen LogP contribution in [-0.4, -0.2) is 27.9 Å². The molecule has 0 aromatic rings. The fourth-order valence-electron chi connectivity index (χ4n) is 0.598. The average molecular weight is 415 g/mol. The van der Waals surface area contributed by atoms with Gasteiger partial charge in [0.2, 0.25) is 0 Å². The molecular weight excluding hydrogens is 415 g/mol. The maximum absolute atomic E-state index is 12.3. The molecule has 18 heavy (non-hydrogen) atoms. The number of hydrogen-bond acceptors (Lipinski definition) is 0. The van der Waals surface area contributed by atoms with Gasteiger partial charge in [0, 0.05) is 0 Å². The second kappa shape index (κ2) is 4.47. The van der Waals surface area contributed by atoms with Gasteiger partial charge < -0.3 is 0 Å². The maximum atomic E-state index is 12.3. The molecule has 0 fully saturated rings. The van der Waals surface area contributed by atoms with Gasteiger partial charge in [-0.15, -0.1) is 8.78 Å². The molecule has 0 aromatic heterocycles. The lowest BCUT2D eigenvalue weighted by molar-refractivity contribution is -0.935. The molecule has 0 N–H and O–H groups in total. The van der Waals surface area contributed by atoms with Crippen LogP contribution in [0.3, 0.4) is 0 Å². The molecule has 0 atom stereocenters. The minimum Gasteiger partial charge on any atom is -0.192 e. The Labute approximate surface area is 101 Å². The zero-order valence-corrected chi connectivity index (χ0v) is 9.57. The van der Waals surface area contributed by atoms with Crippen molar-refractivity contribution < 1.29 is 72.9 Å². The Morgan fingerprint density at radius 1 is 0.500 bits per heavy atom. The van der Waals surface area contributed by atoms with Gasteiger partial charge >= 0.3 is 49.7 Å². The first-order valence-electron chi connectivity index (χ1n) is 3.41. The number of hydrogen-bond donors (Lipinski definition) is 0. The average Bonchev–Trinajstić information content (AvgIpc) is 2.15. The SMILES string of the molecule is F[I+]C(F)(F)C(F)(F)C(F)(F)C(F)(F)C(F)(F)F. The Balaban J connectivity index is 5.80. The monoisotopic (exact) mass is 415 g/mol. The maximum Gasteiger partial charge on any atom is 0.621 e. The third-order valence-electron chi connectivity index (χ3n) is 1.59. The van der Waals surface area contributed by atoms with E-state index in [-0.39, 0.29) is 0 Å². The third-order valence-corrected chi connectivity index (χ3v) is 2.78. The van der Waals surface area contributed by atoms with Crippen LogP contribution in [0, 0.1) is 0 Å². The van der Waals surface area contributed by atoms with Crippen LogP contribution in [0.2, 0.25) is 0 Å². The van der Waals surface area contributed by atoms with Crippen molar-refractivity contribution in [1.82, 2.24) is 0 Å². The molecule has 0 saturated carbocycles. The van der Waals surface area contributed by atoms with Crippen LogP contribution in [0.25, 0.3) is 0 Å². The van der Waals surface area contributed by atoms with Gasteiger partial charge in [-0.2, -0.15) is 39.5 Å². The Bertz CT molecular complexity index is 302. The predicted octanol–water partition coefficient (Wildman–Crippen LogP) is 1.02. The largest absolute Gasteiger partial charge is 0.621 e. The fourth-order valence-corrected chi connectivity index (χ4v) is 1.19. The van der Waals surface area contributed by atoms with Crippen molar-refractivity contribution >= 4 is 0 Å². The van der Waals surface area contributed by atoms with Crippen molar-refractivity contribution in [3.63, 3.8) is 0 Å². The second-order valence-corrected chi connectivity index (χ2v) is 4.55. The zero-order valence-electron chi connectivity index (χ0n) is 7.41. The molecule has 13 heteroatoms. The smallest absolute Gasteiger partial charge is 0.192 e. The lowest BCUT2D eigenvalue weighted by Crippen LogP contribution is -3.64. The Hall–Kier alpha value is -0.110. The molecule has 0 radical (unpaired) electrons. The first-order chi connectivity index (χ1) is 7.56. The van der Waals surface area contributed by atoms with Gasteiger partial charge in [0.05, 0.1) is 2.86 Å². The Kier molecular flexibility index (Phi) is 4.44. The molecule has 0 spiro atoms. The molecular formula is C5F12I+. The van der Waals surface area contributed by atoms with Crippen LogP contribution in [0.5, 0.6) is 0 Å². The summed E-state index contributed by atoms with van der Waals surface area (Å²) in [5.74, 6) is -22.1. The highest BCUT2D eigenvalue weighted by Crippen LogP contribution is 2.55. The normalized spacial score (nSPS) is 16.0. The topological polar surface area (TPSA) is 0 Å². The van der Waals surface area contributed by atoms with E-state index in [0.717, 1.165) is 0 Å². The van der Waals surface area contributed by atoms with Crippen molar-refractivity contribution in [2.24, 2.45) is 0 Å². The molecule has 0 aromatic carbocycles. The first kappa shape index (κ1) is 17.9. The van der Waals surface area contributed by atoms with Gasteiger partial charge in [-0.25, -0.2) is 0 Å². The van der Waals surface area contributed by atoms with E-state index in [1.165, 1.54) is 0 Å². The van der Waals surface area contributed by atoms with E-state index in [4.69, 9.17) is 0 Å². The molecule has 0 aliphatic carbocycles. The van der Waals surface area contributed by atoms with Crippen molar-refractivity contribution in [2.75, 3.05) is 0 Å². The van der Waals surface area contributed by atoms with E-state index >= 15 is 0 Å². The summed E-state index contributed by atoms with van der Waals surface area (Å²) in [4.78, 5) is 0. The standard InChI is InChI=1S/C5F12I/c6-1(7,2(8,9)4(12,13)14)3(10,11)5(15,16)18-17/q+1. The first-order valence-corrected chi connectivity index (χ1v) is 5.30. The van der Waals surface area contributed by atoms with Gasteiger partial charge in [-0.05, 0) is 0 Å². The quantitative estimate of drug-likeness (QED) is 0.366. The minimum absolute atomic E-state index is 4.54. The Morgan fingerprint density at radius 3 is 1.06 bits per heavy atom. The third kappa shape index (κ3) is 2.33. The van der Waals surface area contributed by atoms with E-state index in [0.29, 0.717) is 0 Å². The number of alkyl halides is 12. The molecule has 0 nitrogen and oxygen atoms in total. The molecule has 0 rings (SSSR count). The molecule has 0 heterocycles. The van der Waals surface area contributed by atoms with Crippen molar-refractivity contribution in [3.05, 3.63) is 0 Å². The number of halogens is 13. The summed E-state index contributed by atoms with van der Waals surface area (Å²) in [6.07, 6.45) is -7.20. The van der Waals surface area contributed by atoms with E-state index < -0.39 is 49.7 Å². The Morgan fingerprint density at radius 2 is 0.833 bits per heavy atom. The van der Waals surface area contributed by atoms with Crippen LogP contribution in [-0.2, 0) is 0 Å². The summed E-state index contributed by atoms with van der Waals surface area (Å²) >= 11 is -4.54. The lowest BCUT2D eigenvalue weighted by Gasteiger charge is -2.32. The zero-order chi connectivity index (χ0) is 15.2. The summed E-state index contributed by atoms with van der Waals surface area (Å²) in [5, 5.41) is 0. The second-order valence-electron chi connectivity index (χ2n) is 2.79. The summed E-state index contributed by atoms with van der Waals surface area (Å²) < 4.78 is 137. The van der Waals surface area contributed by atoms with Gasteiger partial charge in [0.15, 0.2) is 0 Å². The van der Waals surface area contributed by atoms with Crippen LogP contribution < -0.4 is 21.8 Å². The highest BCUT2D eigenvalue weighted by Gasteiger charge is 2.92. The molecule has 0 aliphatic rings. The van der Waals surface area contributed by atoms with Crippen LogP contribution >= 0.6 is 0 Å². The molecule has 0 unspecified atom stereocenters. The molecule has 110 valence electrons. The van der Waals surface area contributed by atoms with Gasteiger partial charge in [0.25, 0.3) is 0 Å². The highest BCUT2D eigenvalue weighted by molar-refractivity contribution is 5.02. The highest BCUT2D eigenvalue weighted by atomic mass is 127. The van der Waals surface area contributed by atoms with Gasteiger partial charge in [-0.1, -0.05) is 0 Å². The van der Waals surface area contributed by atoms with Crippen molar-refractivity contribution in [1.29, 1.82) is 0 Å². The molecule has 0 saturated heterocycles. The molecule has 0 amide bonds. The number of rotatable bonds is 4. The van der Waals surface area contributed by atoms with E-state index in [1.807, 2.05) is 0 Å². The molecule has 0 aliphatic heterocycles. The van der Waals surface area contributed by atoms with E-state index in [2.05, 4.69) is 0 Å². The summed E-state index contributed by atoms with van der Waals surface area (Å²) in [6.45, 7) is 0. The summed E-state index contributed by atoms with van der Waals surface area (Å²) in [5.41, 5.74) is 0. The van der Waals surface area contributed by atoms with Crippen LogP contribution in [0.4, 0.5) is 51.2 Å². The summed E-state index contributed by atoms with van der Waals surface area (Å²) in [7, 11) is 0. The van der Waals surface area contributed by atoms with Crippen LogP contribution in [0.15, 0.2) is 0 Å². The van der Waals surface area contributed by atoms with E-state index in [1.54, 1.807) is 0 Å². The lowest BCUT2D eigenvalue weighted by atomic mass is 10.0. The predicted molar refractivity (Wildman–Crippen MR) is 27.0 cm³/mol. The minimum atomic E-state index is -7.49. The fraction of sp³-hybridized carbons (Fsp3) is 1.00. The van der Waals surface area contributed by atoms with Crippen LogP contribution in [0.1, 0.15) is 0 Å². The van der Waals surface area contributed by atoms with Gasteiger partial charge in [0.1, 0.15) is 0 Å². The molecule has 0 bridgehead atoms. The van der Waals surface area contributed by atoms with Crippen molar-refractivity contribution in [3.8, 4) is 0 Å². The summed E-state index contributed by atoms with van der Waals surface area (Å²) in [6, 6.07) is 0. The van der Waals surface area contributed by atoms with Crippen molar-refractivity contribution in [2.45, 2.75) is 27.9 Å².